The Labute approximate surface area is 120 Å². The van der Waals surface area contributed by atoms with E-state index >= 15 is 0 Å². The molecule has 0 aromatic heterocycles. The molecule has 0 saturated heterocycles. The van der Waals surface area contributed by atoms with Gasteiger partial charge in [0.15, 0.2) is 0 Å². The van der Waals surface area contributed by atoms with Gasteiger partial charge in [0.1, 0.15) is 5.54 Å². The molecular formula is C16H24N2O2. The first-order valence-corrected chi connectivity index (χ1v) is 7.42. The predicted molar refractivity (Wildman–Crippen MR) is 81.1 cm³/mol. The number of nitrogens with two attached hydrogens (primary N) is 1. The van der Waals surface area contributed by atoms with Crippen LogP contribution in [0.5, 0.6) is 0 Å². The summed E-state index contributed by atoms with van der Waals surface area (Å²) in [6, 6.07) is 8.47. The van der Waals surface area contributed by atoms with Gasteiger partial charge in [-0.1, -0.05) is 25.1 Å². The lowest BCUT2D eigenvalue weighted by atomic mass is 9.91. The van der Waals surface area contributed by atoms with Crippen LogP contribution < -0.4 is 10.6 Å². The molecule has 1 unspecified atom stereocenters. The highest BCUT2D eigenvalue weighted by Crippen LogP contribution is 2.27. The fourth-order valence-corrected chi connectivity index (χ4v) is 2.86. The highest BCUT2D eigenvalue weighted by molar-refractivity contribution is 5.78. The minimum absolute atomic E-state index is 0.471. The summed E-state index contributed by atoms with van der Waals surface area (Å²) in [5, 5.41) is 9.19. The fraction of sp³-hybridized carbons (Fsp3) is 0.562. The summed E-state index contributed by atoms with van der Waals surface area (Å²) >= 11 is 0. The quantitative estimate of drug-likeness (QED) is 0.837. The predicted octanol–water partition coefficient (Wildman–Crippen LogP) is 2.41. The summed E-state index contributed by atoms with van der Waals surface area (Å²) in [4.78, 5) is 13.6. The molecule has 4 nitrogen and oxygen atoms in total. The van der Waals surface area contributed by atoms with Crippen LogP contribution in [0, 0.1) is 0 Å². The van der Waals surface area contributed by atoms with Crippen LogP contribution in [0.15, 0.2) is 24.3 Å². The number of benzene rings is 1. The van der Waals surface area contributed by atoms with Gasteiger partial charge in [0.25, 0.3) is 0 Å². The van der Waals surface area contributed by atoms with Gasteiger partial charge in [-0.15, -0.1) is 0 Å². The Hall–Kier alpha value is -1.55. The zero-order valence-electron chi connectivity index (χ0n) is 12.1. The molecule has 0 aliphatic carbocycles. The normalized spacial score (nSPS) is 17.4. The second-order valence-corrected chi connectivity index (χ2v) is 5.64. The molecule has 0 saturated carbocycles. The Balaban J connectivity index is 1.94. The van der Waals surface area contributed by atoms with E-state index in [1.807, 2.05) is 6.92 Å². The number of carbonyl (C=O) groups is 1. The van der Waals surface area contributed by atoms with E-state index in [-0.39, 0.29) is 0 Å². The molecule has 3 N–H and O–H groups in total. The van der Waals surface area contributed by atoms with Crippen LogP contribution in [0.4, 0.5) is 5.69 Å². The molecule has 1 aromatic rings. The largest absolute Gasteiger partial charge is 0.480 e. The number of aliphatic carboxylic acids is 1. The zero-order valence-corrected chi connectivity index (χ0v) is 12.1. The van der Waals surface area contributed by atoms with Crippen LogP contribution in [0.2, 0.25) is 0 Å². The Kier molecular flexibility index (Phi) is 4.65. The smallest absolute Gasteiger partial charge is 0.323 e. The number of hydrogen-bond donors (Lipinski definition) is 2. The monoisotopic (exact) mass is 276 g/mol. The molecule has 1 aliphatic heterocycles. The molecule has 0 spiro atoms. The summed E-state index contributed by atoms with van der Waals surface area (Å²) in [7, 11) is 0. The van der Waals surface area contributed by atoms with Gasteiger partial charge in [0.2, 0.25) is 0 Å². The maximum absolute atomic E-state index is 11.2. The lowest BCUT2D eigenvalue weighted by Gasteiger charge is -2.32. The van der Waals surface area contributed by atoms with Crippen molar-refractivity contribution in [3.05, 3.63) is 29.8 Å². The lowest BCUT2D eigenvalue weighted by molar-refractivity contribution is -0.143. The molecule has 0 fully saturated rings. The molecule has 1 atom stereocenters. The van der Waals surface area contributed by atoms with Crippen molar-refractivity contribution in [1.29, 1.82) is 0 Å². The molecule has 0 radical (unpaired) electrons. The number of para-hydroxylation sites is 1. The number of carboxylic acid groups (broad SMARTS) is 1. The van der Waals surface area contributed by atoms with Gasteiger partial charge in [0, 0.05) is 18.8 Å². The number of anilines is 1. The second kappa shape index (κ2) is 6.27. The van der Waals surface area contributed by atoms with Gasteiger partial charge in [-0.05, 0) is 43.7 Å². The van der Waals surface area contributed by atoms with Gasteiger partial charge in [-0.25, -0.2) is 0 Å². The maximum Gasteiger partial charge on any atom is 0.323 e. The van der Waals surface area contributed by atoms with Gasteiger partial charge in [-0.3, -0.25) is 4.79 Å². The maximum atomic E-state index is 11.2. The van der Waals surface area contributed by atoms with Gasteiger partial charge in [0.05, 0.1) is 0 Å². The van der Waals surface area contributed by atoms with Crippen LogP contribution in [0.25, 0.3) is 0 Å². The van der Waals surface area contributed by atoms with E-state index in [2.05, 4.69) is 29.2 Å². The third kappa shape index (κ3) is 3.12. The molecule has 2 rings (SSSR count). The Morgan fingerprint density at radius 3 is 2.90 bits per heavy atom. The van der Waals surface area contributed by atoms with E-state index in [9.17, 15) is 9.90 Å². The highest BCUT2D eigenvalue weighted by atomic mass is 16.4. The van der Waals surface area contributed by atoms with Crippen LogP contribution in [-0.2, 0) is 11.2 Å². The third-order valence-electron chi connectivity index (χ3n) is 4.31. The van der Waals surface area contributed by atoms with Crippen LogP contribution in [0.3, 0.4) is 0 Å². The van der Waals surface area contributed by atoms with Crippen molar-refractivity contribution in [1.82, 2.24) is 0 Å². The number of nitrogens with zero attached hydrogens (tertiary/aromatic N) is 1. The molecule has 1 aliphatic rings. The van der Waals surface area contributed by atoms with E-state index in [4.69, 9.17) is 5.73 Å². The van der Waals surface area contributed by atoms with E-state index in [1.54, 1.807) is 0 Å². The first-order chi connectivity index (χ1) is 9.57. The number of aryl methyl sites for hydroxylation is 1. The molecule has 1 heterocycles. The minimum Gasteiger partial charge on any atom is -0.480 e. The van der Waals surface area contributed by atoms with Crippen molar-refractivity contribution in [3.63, 3.8) is 0 Å². The first-order valence-electron chi connectivity index (χ1n) is 7.42. The first kappa shape index (κ1) is 14.9. The molecule has 110 valence electrons. The number of rotatable bonds is 6. The molecule has 20 heavy (non-hydrogen) atoms. The van der Waals surface area contributed by atoms with Crippen molar-refractivity contribution in [3.8, 4) is 0 Å². The van der Waals surface area contributed by atoms with Crippen molar-refractivity contribution >= 4 is 11.7 Å². The Morgan fingerprint density at radius 1 is 1.45 bits per heavy atom. The van der Waals surface area contributed by atoms with E-state index < -0.39 is 11.5 Å². The van der Waals surface area contributed by atoms with Gasteiger partial charge >= 0.3 is 5.97 Å². The van der Waals surface area contributed by atoms with Crippen LogP contribution in [-0.4, -0.2) is 29.7 Å². The molecule has 0 bridgehead atoms. The van der Waals surface area contributed by atoms with E-state index in [0.717, 1.165) is 32.4 Å². The zero-order chi connectivity index (χ0) is 14.6. The van der Waals surface area contributed by atoms with E-state index in [1.165, 1.54) is 11.3 Å². The number of hydrogen-bond acceptors (Lipinski definition) is 3. The van der Waals surface area contributed by atoms with Crippen molar-refractivity contribution in [2.45, 2.75) is 44.6 Å². The van der Waals surface area contributed by atoms with Crippen molar-refractivity contribution in [2.75, 3.05) is 18.0 Å². The lowest BCUT2D eigenvalue weighted by Crippen LogP contribution is -2.47. The minimum atomic E-state index is -1.07. The SMILES string of the molecule is CCC(N)(CCCN1CCCc2ccccc21)C(=O)O. The highest BCUT2D eigenvalue weighted by Gasteiger charge is 2.31. The summed E-state index contributed by atoms with van der Waals surface area (Å²) in [6.07, 6.45) is 4.11. The van der Waals surface area contributed by atoms with Crippen LogP contribution >= 0.6 is 0 Å². The standard InChI is InChI=1S/C16H24N2O2/c1-2-16(17,15(19)20)10-6-12-18-11-5-8-13-7-3-4-9-14(13)18/h3-4,7,9H,2,5-6,8,10-12,17H2,1H3,(H,19,20). The summed E-state index contributed by atoms with van der Waals surface area (Å²) in [5.41, 5.74) is 7.55. The molecule has 0 amide bonds. The molecule has 4 heteroatoms. The van der Waals surface area contributed by atoms with E-state index in [0.29, 0.717) is 12.8 Å². The van der Waals surface area contributed by atoms with Gasteiger partial charge in [-0.2, -0.15) is 0 Å². The second-order valence-electron chi connectivity index (χ2n) is 5.64. The fourth-order valence-electron chi connectivity index (χ4n) is 2.86. The number of carboxylic acids is 1. The molecular weight excluding hydrogens is 252 g/mol. The van der Waals surface area contributed by atoms with Crippen molar-refractivity contribution < 1.29 is 9.90 Å². The summed E-state index contributed by atoms with van der Waals surface area (Å²) < 4.78 is 0. The molecule has 1 aromatic carbocycles. The van der Waals surface area contributed by atoms with Crippen LogP contribution in [0.1, 0.15) is 38.2 Å². The average Bonchev–Trinajstić information content (AvgIpc) is 2.47. The van der Waals surface area contributed by atoms with Gasteiger partial charge < -0.3 is 15.7 Å². The third-order valence-corrected chi connectivity index (χ3v) is 4.31. The topological polar surface area (TPSA) is 66.6 Å². The Bertz CT molecular complexity index is 475. The summed E-state index contributed by atoms with van der Waals surface area (Å²) in [5.74, 6) is -0.890. The van der Waals surface area contributed by atoms with Crippen molar-refractivity contribution in [2.24, 2.45) is 5.73 Å². The summed E-state index contributed by atoms with van der Waals surface area (Å²) in [6.45, 7) is 3.77. The average molecular weight is 276 g/mol. The Morgan fingerprint density at radius 2 is 2.20 bits per heavy atom. The number of fused-ring (bicyclic) bond motifs is 1.